The van der Waals surface area contributed by atoms with Crippen LogP contribution in [0.1, 0.15) is 72.1 Å². The lowest BCUT2D eigenvalue weighted by Crippen LogP contribution is -2.54. The van der Waals surface area contributed by atoms with E-state index in [2.05, 4.69) is 26.0 Å². The fourth-order valence-electron chi connectivity index (χ4n) is 7.16. The quantitative estimate of drug-likeness (QED) is 0.435. The third kappa shape index (κ3) is 2.32. The highest BCUT2D eigenvalue weighted by Crippen LogP contribution is 2.67. The summed E-state index contributed by atoms with van der Waals surface area (Å²) < 4.78 is 5.50. The van der Waals surface area contributed by atoms with Crippen molar-refractivity contribution in [3.05, 3.63) is 11.6 Å². The number of esters is 1. The first-order valence-corrected chi connectivity index (χ1v) is 10.2. The van der Waals surface area contributed by atoms with Crippen LogP contribution >= 0.6 is 0 Å². The summed E-state index contributed by atoms with van der Waals surface area (Å²) in [6.07, 6.45) is 10.0. The molecule has 4 rings (SSSR count). The van der Waals surface area contributed by atoms with Crippen LogP contribution in [0.4, 0.5) is 0 Å². The van der Waals surface area contributed by atoms with Gasteiger partial charge in [-0.2, -0.15) is 5.26 Å². The SMILES string of the molecule is CC(=O)O[C@H]1CC[C@@]2(C)C(=CC[C@@H]3[C@@H]2CC[C@@]2(C)[C@H]3CC[C@]2(O)C#N)C1. The van der Waals surface area contributed by atoms with E-state index in [0.29, 0.717) is 24.2 Å². The molecule has 3 fully saturated rings. The first kappa shape index (κ1) is 18.0. The fraction of sp³-hybridized carbons (Fsp3) is 0.818. The molecule has 26 heavy (non-hydrogen) atoms. The molecule has 0 aliphatic heterocycles. The Morgan fingerprint density at radius 1 is 1.23 bits per heavy atom. The van der Waals surface area contributed by atoms with Crippen molar-refractivity contribution in [2.45, 2.75) is 83.8 Å². The van der Waals surface area contributed by atoms with Gasteiger partial charge in [-0.25, -0.2) is 0 Å². The van der Waals surface area contributed by atoms with E-state index in [1.54, 1.807) is 0 Å². The maximum Gasteiger partial charge on any atom is 0.302 e. The van der Waals surface area contributed by atoms with Crippen molar-refractivity contribution < 1.29 is 14.6 Å². The van der Waals surface area contributed by atoms with Crippen molar-refractivity contribution in [3.8, 4) is 6.07 Å². The standard InChI is InChI=1S/C22H31NO3/c1-14(24)26-16-6-9-20(2)15(12-16)4-5-17-18(20)7-10-21(3)19(17)8-11-22(21,25)13-23/h4,16-19,25H,5-12H2,1-3H3/t16-,17+,18-,19-,20-,21-,22-/m0/s1. The zero-order valence-corrected chi connectivity index (χ0v) is 16.3. The van der Waals surface area contributed by atoms with Gasteiger partial charge in [-0.1, -0.05) is 25.5 Å². The van der Waals surface area contributed by atoms with E-state index < -0.39 is 5.60 Å². The van der Waals surface area contributed by atoms with Crippen molar-refractivity contribution >= 4 is 5.97 Å². The molecule has 0 saturated heterocycles. The first-order valence-electron chi connectivity index (χ1n) is 10.2. The van der Waals surface area contributed by atoms with Gasteiger partial charge in [-0.3, -0.25) is 4.79 Å². The molecule has 0 aromatic rings. The molecule has 0 aromatic heterocycles. The van der Waals surface area contributed by atoms with Gasteiger partial charge in [-0.15, -0.1) is 0 Å². The summed E-state index contributed by atoms with van der Waals surface area (Å²) in [5.41, 5.74) is 0.252. The molecule has 0 heterocycles. The molecular formula is C22H31NO3. The van der Waals surface area contributed by atoms with Crippen LogP contribution in [0.25, 0.3) is 0 Å². The van der Waals surface area contributed by atoms with Gasteiger partial charge in [0.2, 0.25) is 0 Å². The van der Waals surface area contributed by atoms with Gasteiger partial charge in [0, 0.05) is 18.8 Å². The van der Waals surface area contributed by atoms with Crippen LogP contribution in [0.15, 0.2) is 11.6 Å². The molecule has 4 aliphatic rings. The Bertz CT molecular complexity index is 694. The molecule has 4 heteroatoms. The zero-order valence-electron chi connectivity index (χ0n) is 16.3. The maximum atomic E-state index is 11.3. The summed E-state index contributed by atoms with van der Waals surface area (Å²) in [4.78, 5) is 11.3. The Labute approximate surface area is 156 Å². The molecule has 7 atom stereocenters. The minimum absolute atomic E-state index is 0.0346. The molecule has 4 nitrogen and oxygen atoms in total. The number of ether oxygens (including phenoxy) is 1. The molecule has 0 bridgehead atoms. The summed E-state index contributed by atoms with van der Waals surface area (Å²) >= 11 is 0. The second kappa shape index (κ2) is 5.83. The summed E-state index contributed by atoms with van der Waals surface area (Å²) in [6.45, 7) is 6.06. The topological polar surface area (TPSA) is 70.3 Å². The number of hydrogen-bond donors (Lipinski definition) is 1. The first-order chi connectivity index (χ1) is 12.2. The predicted molar refractivity (Wildman–Crippen MR) is 97.8 cm³/mol. The highest BCUT2D eigenvalue weighted by Gasteiger charge is 2.64. The van der Waals surface area contributed by atoms with Crippen molar-refractivity contribution in [1.82, 2.24) is 0 Å². The average Bonchev–Trinajstić information content (AvgIpc) is 2.87. The second-order valence-corrected chi connectivity index (χ2v) is 9.70. The molecule has 0 spiro atoms. The van der Waals surface area contributed by atoms with Crippen LogP contribution < -0.4 is 0 Å². The Kier molecular flexibility index (Phi) is 4.04. The van der Waals surface area contributed by atoms with Gasteiger partial charge in [-0.05, 0) is 68.1 Å². The predicted octanol–water partition coefficient (Wildman–Crippen LogP) is 4.14. The van der Waals surface area contributed by atoms with E-state index >= 15 is 0 Å². The van der Waals surface area contributed by atoms with Gasteiger partial charge in [0.15, 0.2) is 5.60 Å². The number of hydrogen-bond acceptors (Lipinski definition) is 4. The molecule has 0 unspecified atom stereocenters. The van der Waals surface area contributed by atoms with Gasteiger partial charge in [0.25, 0.3) is 0 Å². The largest absolute Gasteiger partial charge is 0.462 e. The number of carbonyl (C=O) groups is 1. The van der Waals surface area contributed by atoms with Crippen molar-refractivity contribution in [2.75, 3.05) is 0 Å². The minimum atomic E-state index is -1.15. The molecule has 4 aliphatic carbocycles. The van der Waals surface area contributed by atoms with E-state index in [1.165, 1.54) is 12.5 Å². The lowest BCUT2D eigenvalue weighted by molar-refractivity contribution is -0.149. The van der Waals surface area contributed by atoms with Crippen LogP contribution in [0.3, 0.4) is 0 Å². The van der Waals surface area contributed by atoms with Gasteiger partial charge in [0.1, 0.15) is 6.10 Å². The molecule has 0 amide bonds. The Morgan fingerprint density at radius 3 is 2.65 bits per heavy atom. The summed E-state index contributed by atoms with van der Waals surface area (Å²) in [5.74, 6) is 1.45. The fourth-order valence-corrected chi connectivity index (χ4v) is 7.16. The summed E-state index contributed by atoms with van der Waals surface area (Å²) in [5, 5.41) is 20.5. The minimum Gasteiger partial charge on any atom is -0.462 e. The van der Waals surface area contributed by atoms with E-state index in [9.17, 15) is 15.2 Å². The number of allylic oxidation sites excluding steroid dienone is 1. The Morgan fingerprint density at radius 2 is 1.96 bits per heavy atom. The zero-order chi connectivity index (χ0) is 18.7. The van der Waals surface area contributed by atoms with Gasteiger partial charge >= 0.3 is 5.97 Å². The summed E-state index contributed by atoms with van der Waals surface area (Å²) in [6, 6.07) is 2.26. The van der Waals surface area contributed by atoms with Crippen LogP contribution in [0.2, 0.25) is 0 Å². The third-order valence-electron chi connectivity index (χ3n) is 8.73. The van der Waals surface area contributed by atoms with Crippen molar-refractivity contribution in [1.29, 1.82) is 5.26 Å². The Hall–Kier alpha value is -1.34. The number of carbonyl (C=O) groups excluding carboxylic acids is 1. The summed E-state index contributed by atoms with van der Waals surface area (Å²) in [7, 11) is 0. The lowest BCUT2D eigenvalue weighted by Gasteiger charge is -2.58. The van der Waals surface area contributed by atoms with E-state index in [-0.39, 0.29) is 22.9 Å². The van der Waals surface area contributed by atoms with Gasteiger partial charge in [0.05, 0.1) is 6.07 Å². The van der Waals surface area contributed by atoms with Crippen molar-refractivity contribution in [3.63, 3.8) is 0 Å². The number of nitriles is 1. The lowest BCUT2D eigenvalue weighted by atomic mass is 9.47. The monoisotopic (exact) mass is 357 g/mol. The van der Waals surface area contributed by atoms with E-state index in [1.807, 2.05) is 0 Å². The third-order valence-corrected chi connectivity index (χ3v) is 8.73. The number of fused-ring (bicyclic) bond motifs is 5. The number of aliphatic hydroxyl groups is 1. The molecule has 142 valence electrons. The smallest absolute Gasteiger partial charge is 0.302 e. The Balaban J connectivity index is 1.61. The van der Waals surface area contributed by atoms with Crippen molar-refractivity contribution in [2.24, 2.45) is 28.6 Å². The highest BCUT2D eigenvalue weighted by atomic mass is 16.5. The number of rotatable bonds is 1. The van der Waals surface area contributed by atoms with Crippen LogP contribution in [0, 0.1) is 39.9 Å². The second-order valence-electron chi connectivity index (χ2n) is 9.70. The van der Waals surface area contributed by atoms with Crippen LogP contribution in [-0.4, -0.2) is 22.8 Å². The molecule has 1 N–H and O–H groups in total. The average molecular weight is 357 g/mol. The molecule has 0 radical (unpaired) electrons. The van der Waals surface area contributed by atoms with E-state index in [4.69, 9.17) is 4.74 Å². The van der Waals surface area contributed by atoms with Crippen LogP contribution in [-0.2, 0) is 9.53 Å². The van der Waals surface area contributed by atoms with Crippen LogP contribution in [0.5, 0.6) is 0 Å². The highest BCUT2D eigenvalue weighted by molar-refractivity contribution is 5.66. The molecule has 3 saturated carbocycles. The number of nitrogens with zero attached hydrogens (tertiary/aromatic N) is 1. The molecular weight excluding hydrogens is 326 g/mol. The van der Waals surface area contributed by atoms with Gasteiger partial charge < -0.3 is 9.84 Å². The molecule has 0 aromatic carbocycles. The normalized spacial score (nSPS) is 49.9. The van der Waals surface area contributed by atoms with E-state index in [0.717, 1.165) is 44.9 Å². The maximum absolute atomic E-state index is 11.3.